The number of amides is 2. The lowest BCUT2D eigenvalue weighted by Gasteiger charge is -2.24. The van der Waals surface area contributed by atoms with Crippen molar-refractivity contribution in [3.63, 3.8) is 0 Å². The van der Waals surface area contributed by atoms with E-state index in [-0.39, 0.29) is 24.1 Å². The molecule has 0 aromatic heterocycles. The standard InChI is InChI=1S/C12H20N2O4.C6H4Cl2O/c1-13(8-10(16)14-5-2-3-6-14)12(17)11-9(15)4-7-18-11;7-5-2-1-4(9)3-6(5)8/h9,11,15H,2-8H2,1H3;1-3,9H. The predicted molar refractivity (Wildman–Crippen MR) is 102 cm³/mol. The number of phenols is 1. The van der Waals surface area contributed by atoms with E-state index in [2.05, 4.69) is 0 Å². The van der Waals surface area contributed by atoms with Crippen molar-refractivity contribution in [2.45, 2.75) is 31.5 Å². The van der Waals surface area contributed by atoms with Crippen LogP contribution in [0.15, 0.2) is 18.2 Å². The number of aliphatic hydroxyl groups excluding tert-OH is 1. The van der Waals surface area contributed by atoms with Crippen LogP contribution in [-0.2, 0) is 14.3 Å². The molecule has 2 fully saturated rings. The summed E-state index contributed by atoms with van der Waals surface area (Å²) in [5.41, 5.74) is 0. The molecule has 0 bridgehead atoms. The summed E-state index contributed by atoms with van der Waals surface area (Å²) < 4.78 is 5.19. The van der Waals surface area contributed by atoms with Crippen molar-refractivity contribution in [2.75, 3.05) is 33.3 Å². The third kappa shape index (κ3) is 6.24. The summed E-state index contributed by atoms with van der Waals surface area (Å²) in [4.78, 5) is 27.0. The number of phenolic OH excluding ortho intramolecular Hbond substituents is 1. The zero-order valence-electron chi connectivity index (χ0n) is 15.1. The van der Waals surface area contributed by atoms with Gasteiger partial charge in [-0.1, -0.05) is 23.2 Å². The first-order valence-electron chi connectivity index (χ1n) is 8.76. The number of aromatic hydroxyl groups is 1. The van der Waals surface area contributed by atoms with Crippen molar-refractivity contribution < 1.29 is 24.5 Å². The number of aliphatic hydroxyl groups is 1. The van der Waals surface area contributed by atoms with Gasteiger partial charge in [0.1, 0.15) is 5.75 Å². The Hall–Kier alpha value is -1.54. The normalized spacial score (nSPS) is 21.6. The van der Waals surface area contributed by atoms with Gasteiger partial charge in [-0.3, -0.25) is 9.59 Å². The van der Waals surface area contributed by atoms with Crippen molar-refractivity contribution in [3.8, 4) is 5.75 Å². The first kappa shape index (κ1) is 21.8. The summed E-state index contributed by atoms with van der Waals surface area (Å²) in [5.74, 6) is -0.215. The number of carbonyl (C=O) groups is 2. The molecule has 9 heteroatoms. The van der Waals surface area contributed by atoms with Crippen LogP contribution in [0.25, 0.3) is 0 Å². The van der Waals surface area contributed by atoms with E-state index in [4.69, 9.17) is 33.0 Å². The minimum atomic E-state index is -0.804. The molecule has 2 aliphatic heterocycles. The van der Waals surface area contributed by atoms with Crippen LogP contribution in [0, 0.1) is 0 Å². The highest BCUT2D eigenvalue weighted by Crippen LogP contribution is 2.25. The fourth-order valence-electron chi connectivity index (χ4n) is 2.86. The quantitative estimate of drug-likeness (QED) is 0.782. The average Bonchev–Trinajstić information content (AvgIpc) is 3.30. The smallest absolute Gasteiger partial charge is 0.254 e. The lowest BCUT2D eigenvalue weighted by molar-refractivity contribution is -0.147. The molecule has 2 amide bonds. The van der Waals surface area contributed by atoms with E-state index in [9.17, 15) is 14.7 Å². The van der Waals surface area contributed by atoms with Gasteiger partial charge in [-0.2, -0.15) is 0 Å². The Morgan fingerprint density at radius 1 is 1.26 bits per heavy atom. The summed E-state index contributed by atoms with van der Waals surface area (Å²) in [7, 11) is 1.57. The third-order valence-electron chi connectivity index (χ3n) is 4.41. The zero-order chi connectivity index (χ0) is 20.0. The van der Waals surface area contributed by atoms with Crippen LogP contribution >= 0.6 is 23.2 Å². The number of hydrogen-bond donors (Lipinski definition) is 2. The highest BCUT2D eigenvalue weighted by atomic mass is 35.5. The number of likely N-dealkylation sites (N-methyl/N-ethyl adjacent to an activating group) is 1. The van der Waals surface area contributed by atoms with Crippen LogP contribution in [-0.4, -0.2) is 77.3 Å². The van der Waals surface area contributed by atoms with Gasteiger partial charge in [-0.25, -0.2) is 0 Å². The molecule has 1 aromatic rings. The van der Waals surface area contributed by atoms with E-state index in [1.54, 1.807) is 18.0 Å². The lowest BCUT2D eigenvalue weighted by atomic mass is 10.1. The number of nitrogens with zero attached hydrogens (tertiary/aromatic N) is 2. The largest absolute Gasteiger partial charge is 0.508 e. The topological polar surface area (TPSA) is 90.3 Å². The second-order valence-corrected chi connectivity index (χ2v) is 7.34. The number of likely N-dealkylation sites (tertiary alicyclic amines) is 1. The number of ether oxygens (including phenoxy) is 1. The van der Waals surface area contributed by atoms with Crippen LogP contribution in [0.2, 0.25) is 10.0 Å². The zero-order valence-corrected chi connectivity index (χ0v) is 16.6. The monoisotopic (exact) mass is 418 g/mol. The Labute approximate surface area is 168 Å². The van der Waals surface area contributed by atoms with Crippen LogP contribution < -0.4 is 0 Å². The van der Waals surface area contributed by atoms with Crippen LogP contribution in [0.4, 0.5) is 0 Å². The minimum Gasteiger partial charge on any atom is -0.508 e. The molecule has 0 saturated carbocycles. The molecule has 1 aromatic carbocycles. The SMILES string of the molecule is CN(CC(=O)N1CCCC1)C(=O)C1OCCC1O.Oc1ccc(Cl)c(Cl)c1. The number of benzene rings is 1. The van der Waals surface area contributed by atoms with Crippen molar-refractivity contribution >= 4 is 35.0 Å². The Balaban J connectivity index is 0.000000244. The van der Waals surface area contributed by atoms with E-state index < -0.39 is 12.2 Å². The summed E-state index contributed by atoms with van der Waals surface area (Å²) in [6.45, 7) is 2.02. The first-order valence-corrected chi connectivity index (χ1v) is 9.51. The molecule has 27 heavy (non-hydrogen) atoms. The molecule has 2 N–H and O–H groups in total. The fourth-order valence-corrected chi connectivity index (χ4v) is 3.16. The van der Waals surface area contributed by atoms with Crippen molar-refractivity contribution in [2.24, 2.45) is 0 Å². The molecule has 2 unspecified atom stereocenters. The van der Waals surface area contributed by atoms with Crippen LogP contribution in [0.1, 0.15) is 19.3 Å². The number of hydrogen-bond acceptors (Lipinski definition) is 5. The predicted octanol–water partition coefficient (Wildman–Crippen LogP) is 1.92. The van der Waals surface area contributed by atoms with Gasteiger partial charge < -0.3 is 24.7 Å². The van der Waals surface area contributed by atoms with Crippen molar-refractivity contribution in [3.05, 3.63) is 28.2 Å². The van der Waals surface area contributed by atoms with Crippen LogP contribution in [0.3, 0.4) is 0 Å². The highest BCUT2D eigenvalue weighted by Gasteiger charge is 2.35. The molecule has 0 radical (unpaired) electrons. The Bertz CT molecular complexity index is 667. The molecule has 3 rings (SSSR count). The molecule has 150 valence electrons. The maximum absolute atomic E-state index is 12.0. The summed E-state index contributed by atoms with van der Waals surface area (Å²) in [6.07, 6.45) is 0.995. The highest BCUT2D eigenvalue weighted by molar-refractivity contribution is 6.42. The van der Waals surface area contributed by atoms with Gasteiger partial charge >= 0.3 is 0 Å². The van der Waals surface area contributed by atoms with Crippen molar-refractivity contribution in [1.29, 1.82) is 0 Å². The minimum absolute atomic E-state index is 0.0316. The van der Waals surface area contributed by atoms with Gasteiger partial charge in [0.25, 0.3) is 5.91 Å². The van der Waals surface area contributed by atoms with Crippen molar-refractivity contribution in [1.82, 2.24) is 9.80 Å². The molecule has 7 nitrogen and oxygen atoms in total. The number of carbonyl (C=O) groups excluding carboxylic acids is 2. The molecular formula is C18H24Cl2N2O5. The second-order valence-electron chi connectivity index (χ2n) is 6.53. The molecule has 2 saturated heterocycles. The molecule has 0 aliphatic carbocycles. The van der Waals surface area contributed by atoms with Gasteiger partial charge in [0, 0.05) is 20.1 Å². The number of halogens is 2. The third-order valence-corrected chi connectivity index (χ3v) is 5.15. The fraction of sp³-hybridized carbons (Fsp3) is 0.556. The Kier molecular flexibility index (Phi) is 8.16. The Morgan fingerprint density at radius 2 is 1.93 bits per heavy atom. The second kappa shape index (κ2) is 10.1. The van der Waals surface area contributed by atoms with E-state index in [0.717, 1.165) is 25.9 Å². The maximum Gasteiger partial charge on any atom is 0.254 e. The summed E-state index contributed by atoms with van der Waals surface area (Å²) >= 11 is 11.1. The molecular weight excluding hydrogens is 395 g/mol. The van der Waals surface area contributed by atoms with E-state index in [0.29, 0.717) is 23.1 Å². The van der Waals surface area contributed by atoms with E-state index in [1.807, 2.05) is 0 Å². The van der Waals surface area contributed by atoms with Gasteiger partial charge in [-0.05, 0) is 37.5 Å². The van der Waals surface area contributed by atoms with Crippen LogP contribution in [0.5, 0.6) is 5.75 Å². The summed E-state index contributed by atoms with van der Waals surface area (Å²) in [5, 5.41) is 19.2. The van der Waals surface area contributed by atoms with Gasteiger partial charge in [0.15, 0.2) is 6.10 Å². The lowest BCUT2D eigenvalue weighted by Crippen LogP contribution is -2.46. The van der Waals surface area contributed by atoms with E-state index in [1.165, 1.54) is 17.0 Å². The first-order chi connectivity index (χ1) is 12.8. The molecule has 2 atom stereocenters. The van der Waals surface area contributed by atoms with Gasteiger partial charge in [-0.15, -0.1) is 0 Å². The Morgan fingerprint density at radius 3 is 2.44 bits per heavy atom. The molecule has 2 aliphatic rings. The number of rotatable bonds is 3. The van der Waals surface area contributed by atoms with Gasteiger partial charge in [0.05, 0.1) is 29.3 Å². The van der Waals surface area contributed by atoms with E-state index >= 15 is 0 Å². The van der Waals surface area contributed by atoms with Gasteiger partial charge in [0.2, 0.25) is 5.91 Å². The summed E-state index contributed by atoms with van der Waals surface area (Å²) in [6, 6.07) is 4.41. The molecule has 0 spiro atoms. The average molecular weight is 419 g/mol. The maximum atomic E-state index is 12.0. The molecule has 2 heterocycles.